The second-order valence-corrected chi connectivity index (χ2v) is 23.4. The third-order valence-electron chi connectivity index (χ3n) is 17.4. The van der Waals surface area contributed by atoms with E-state index in [2.05, 4.69) is 235 Å². The topological polar surface area (TPSA) is 11.4 Å². The molecule has 0 amide bonds. The third-order valence-corrected chi connectivity index (χ3v) is 17.4. The van der Waals surface area contributed by atoms with Crippen LogP contribution in [0.2, 0.25) is 0 Å². The van der Waals surface area contributed by atoms with Crippen molar-refractivity contribution < 1.29 is 11.0 Å². The molecule has 14 aromatic rings. The van der Waals surface area contributed by atoms with E-state index in [0.717, 1.165) is 128 Å². The molecule has 406 valence electrons. The normalized spacial score (nSPS) is 13.8. The van der Waals surface area contributed by atoms with E-state index < -0.39 is 6.71 Å². The maximum atomic E-state index is 10.0. The molecule has 0 saturated heterocycles. The Morgan fingerprint density at radius 2 is 0.756 bits per heavy atom. The summed E-state index contributed by atoms with van der Waals surface area (Å²) in [6.07, 6.45) is 0. The summed E-state index contributed by atoms with van der Waals surface area (Å²) in [7, 11) is 0. The van der Waals surface area contributed by atoms with Gasteiger partial charge in [0.2, 0.25) is 0 Å². The highest BCUT2D eigenvalue weighted by molar-refractivity contribution is 7.00. The van der Waals surface area contributed by atoms with Crippen LogP contribution in [0.5, 0.6) is 0 Å². The van der Waals surface area contributed by atoms with Crippen molar-refractivity contribution in [2.24, 2.45) is 0 Å². The molecule has 0 aliphatic carbocycles. The van der Waals surface area contributed by atoms with Crippen LogP contribution in [0.3, 0.4) is 0 Å². The molecule has 0 unspecified atom stereocenters. The second kappa shape index (κ2) is 20.6. The standard InChI is InChI=1S/C82H60BN3/c1-82(2,3)63-46-49-74-70(52-63)69-38-22-23-43-73(69)84(74)64-53-77-79-78(54-64)86(81-67(59-34-18-8-19-35-59)41-25-42-68(81)60-36-20-9-21-37-60)76-48-45-62(56-28-12-5-13-29-56)51-72(76)83(79)71-50-61(55-26-10-4-11-27-55)44-47-75(71)85(77)80-65(57-30-14-6-15-31-57)39-24-40-66(80)58-32-16-7-17-33-58/h4-54H,1-3H3/i10D,11D,12D,13D,22D,23D,38D,43D. The van der Waals surface area contributed by atoms with Gasteiger partial charge in [0.25, 0.3) is 6.71 Å². The van der Waals surface area contributed by atoms with Crippen molar-refractivity contribution in [2.75, 3.05) is 9.80 Å². The summed E-state index contributed by atoms with van der Waals surface area (Å²) in [5.74, 6) is 0. The zero-order chi connectivity index (χ0) is 64.4. The lowest BCUT2D eigenvalue weighted by Crippen LogP contribution is -2.61. The van der Waals surface area contributed by atoms with Gasteiger partial charge in [-0.05, 0) is 114 Å². The summed E-state index contributed by atoms with van der Waals surface area (Å²) in [5, 5.41) is 1.15. The number of rotatable bonds is 9. The van der Waals surface area contributed by atoms with E-state index >= 15 is 0 Å². The molecule has 0 radical (unpaired) electrons. The maximum Gasteiger partial charge on any atom is 0.252 e. The largest absolute Gasteiger partial charge is 0.310 e. The smallest absolute Gasteiger partial charge is 0.252 e. The molecule has 0 atom stereocenters. The van der Waals surface area contributed by atoms with Gasteiger partial charge in [-0.3, -0.25) is 0 Å². The van der Waals surface area contributed by atoms with Gasteiger partial charge >= 0.3 is 0 Å². The van der Waals surface area contributed by atoms with Gasteiger partial charge in [-0.1, -0.05) is 288 Å². The molecule has 16 rings (SSSR count). The maximum absolute atomic E-state index is 10.0. The van der Waals surface area contributed by atoms with Crippen molar-refractivity contribution >= 4 is 79.0 Å². The molecule has 0 spiro atoms. The van der Waals surface area contributed by atoms with E-state index in [1.165, 1.54) is 0 Å². The molecule has 3 nitrogen and oxygen atoms in total. The first-order chi connectivity index (χ1) is 45.6. The number of para-hydroxylation sites is 3. The molecule has 0 fully saturated rings. The van der Waals surface area contributed by atoms with Crippen LogP contribution in [0.1, 0.15) is 37.3 Å². The Morgan fingerprint density at radius 1 is 0.326 bits per heavy atom. The number of nitrogens with zero attached hydrogens (tertiary/aromatic N) is 3. The predicted molar refractivity (Wildman–Crippen MR) is 366 cm³/mol. The Bertz CT molecular complexity index is 5010. The second-order valence-electron chi connectivity index (χ2n) is 23.4. The highest BCUT2D eigenvalue weighted by atomic mass is 15.2. The van der Waals surface area contributed by atoms with Gasteiger partial charge in [-0.25, -0.2) is 0 Å². The van der Waals surface area contributed by atoms with Gasteiger partial charge in [0.15, 0.2) is 0 Å². The van der Waals surface area contributed by atoms with Gasteiger partial charge in [-0.2, -0.15) is 0 Å². The third kappa shape index (κ3) is 8.43. The summed E-state index contributed by atoms with van der Waals surface area (Å²) >= 11 is 0. The SMILES string of the molecule is [2H]c1cc([2H])cc(-c2ccc3c(c2)B2c4cc(-c5cc([2H])cc([2H])c5)ccc4N(c4c(-c5ccccc5)cccc4-c4ccccc4)c4cc(-n5c6ccc(C(C)(C)C)cc6c6c([2H])c([2H])c([2H])c([2H])c65)cc(c42)N3c2c(-c3ccccc3)cccc2-c2ccccc2)c1. The first-order valence-corrected chi connectivity index (χ1v) is 29.3. The van der Waals surface area contributed by atoms with Crippen LogP contribution in [-0.4, -0.2) is 11.3 Å². The van der Waals surface area contributed by atoms with Crippen LogP contribution in [0.15, 0.2) is 309 Å². The van der Waals surface area contributed by atoms with Crippen molar-refractivity contribution in [3.8, 4) is 72.4 Å². The minimum atomic E-state index is -0.543. The van der Waals surface area contributed by atoms with E-state index in [9.17, 15) is 5.48 Å². The van der Waals surface area contributed by atoms with Crippen LogP contribution in [-0.2, 0) is 5.41 Å². The lowest BCUT2D eigenvalue weighted by Gasteiger charge is -2.46. The number of benzene rings is 13. The number of hydrogen-bond acceptors (Lipinski definition) is 2. The fourth-order valence-corrected chi connectivity index (χ4v) is 13.4. The number of anilines is 6. The molecule has 2 aliphatic heterocycles. The van der Waals surface area contributed by atoms with E-state index in [1.807, 2.05) is 48.5 Å². The van der Waals surface area contributed by atoms with Crippen molar-refractivity contribution in [2.45, 2.75) is 26.2 Å². The summed E-state index contributed by atoms with van der Waals surface area (Å²) in [6, 6.07) is 89.2. The summed E-state index contributed by atoms with van der Waals surface area (Å²) in [6.45, 7) is 5.93. The van der Waals surface area contributed by atoms with Crippen molar-refractivity contribution in [1.29, 1.82) is 0 Å². The Balaban J connectivity index is 1.14. The molecular weight excluding hydrogens is 1040 g/mol. The van der Waals surface area contributed by atoms with Gasteiger partial charge in [0.1, 0.15) is 0 Å². The predicted octanol–water partition coefficient (Wildman–Crippen LogP) is 20.2. The van der Waals surface area contributed by atoms with Crippen LogP contribution in [0.4, 0.5) is 34.1 Å². The highest BCUT2D eigenvalue weighted by Gasteiger charge is 2.46. The zero-order valence-corrected chi connectivity index (χ0v) is 47.7. The van der Waals surface area contributed by atoms with E-state index in [0.29, 0.717) is 22.0 Å². The monoisotopic (exact) mass is 1110 g/mol. The Labute approximate surface area is 515 Å². The minimum Gasteiger partial charge on any atom is -0.310 e. The fourth-order valence-electron chi connectivity index (χ4n) is 13.4. The molecule has 0 bridgehead atoms. The minimum absolute atomic E-state index is 0.113. The lowest BCUT2D eigenvalue weighted by atomic mass is 9.33. The van der Waals surface area contributed by atoms with Crippen LogP contribution in [0, 0.1) is 0 Å². The van der Waals surface area contributed by atoms with Gasteiger partial charge in [0, 0.05) is 55.8 Å². The molecule has 13 aromatic carbocycles. The quantitative estimate of drug-likeness (QED) is 0.133. The molecule has 1 aromatic heterocycles. The Hall–Kier alpha value is -10.7. The number of aromatic nitrogens is 1. The molecular formula is C82H60BN3. The molecule has 0 N–H and O–H groups in total. The average molecular weight is 1110 g/mol. The van der Waals surface area contributed by atoms with Crippen molar-refractivity contribution in [3.63, 3.8) is 0 Å². The average Bonchev–Trinajstić information content (AvgIpc) is 0.807. The Kier molecular flexibility index (Phi) is 10.3. The summed E-state index contributed by atoms with van der Waals surface area (Å²) < 4.78 is 76.3. The number of fused-ring (bicyclic) bond motifs is 7. The highest BCUT2D eigenvalue weighted by Crippen LogP contribution is 2.54. The van der Waals surface area contributed by atoms with Crippen molar-refractivity contribution in [3.05, 3.63) is 315 Å². The van der Waals surface area contributed by atoms with Crippen molar-refractivity contribution in [1.82, 2.24) is 4.57 Å². The van der Waals surface area contributed by atoms with E-state index in [4.69, 9.17) is 5.48 Å². The van der Waals surface area contributed by atoms with Gasteiger partial charge < -0.3 is 14.4 Å². The zero-order valence-electron chi connectivity index (χ0n) is 55.7. The summed E-state index contributed by atoms with van der Waals surface area (Å²) in [4.78, 5) is 4.84. The number of hydrogen-bond donors (Lipinski definition) is 0. The molecule has 3 heterocycles. The van der Waals surface area contributed by atoms with E-state index in [-0.39, 0.29) is 53.8 Å². The summed E-state index contributed by atoms with van der Waals surface area (Å²) in [5.41, 5.74) is 21.5. The fraction of sp³-hybridized carbons (Fsp3) is 0.0488. The van der Waals surface area contributed by atoms with Crippen LogP contribution < -0.4 is 26.2 Å². The Morgan fingerprint density at radius 3 is 1.19 bits per heavy atom. The van der Waals surface area contributed by atoms with Crippen LogP contribution >= 0.6 is 0 Å². The van der Waals surface area contributed by atoms with Gasteiger partial charge in [0.05, 0.1) is 39.1 Å². The lowest BCUT2D eigenvalue weighted by molar-refractivity contribution is 0.591. The van der Waals surface area contributed by atoms with Gasteiger partial charge in [-0.15, -0.1) is 0 Å². The van der Waals surface area contributed by atoms with Crippen LogP contribution in [0.25, 0.3) is 94.3 Å². The first kappa shape index (κ1) is 43.0. The molecule has 2 aliphatic rings. The van der Waals surface area contributed by atoms with E-state index in [1.54, 1.807) is 12.1 Å². The molecule has 0 saturated carbocycles. The molecule has 86 heavy (non-hydrogen) atoms. The first-order valence-electron chi connectivity index (χ1n) is 33.3. The molecule has 4 heteroatoms.